The average molecular weight is 238 g/mol. The van der Waals surface area contributed by atoms with E-state index in [-0.39, 0.29) is 6.04 Å². The van der Waals surface area contributed by atoms with Gasteiger partial charge in [-0.25, -0.2) is 4.98 Å². The topological polar surface area (TPSA) is 77.8 Å². The molecule has 16 heavy (non-hydrogen) atoms. The molecule has 0 bridgehead atoms. The van der Waals surface area contributed by atoms with Gasteiger partial charge in [0.1, 0.15) is 5.69 Å². The van der Waals surface area contributed by atoms with Crippen molar-refractivity contribution in [2.24, 2.45) is 11.7 Å². The minimum absolute atomic E-state index is 0.204. The van der Waals surface area contributed by atoms with Gasteiger partial charge in [0.15, 0.2) is 0 Å². The van der Waals surface area contributed by atoms with Crippen LogP contribution < -0.4 is 5.73 Å². The molecule has 5 nitrogen and oxygen atoms in total. The fourth-order valence-electron chi connectivity index (χ4n) is 1.29. The maximum Gasteiger partial charge on any atom is 0.244 e. The summed E-state index contributed by atoms with van der Waals surface area (Å²) in [6.07, 6.45) is 0.982. The Bertz CT molecular complexity index is 439. The van der Waals surface area contributed by atoms with E-state index in [9.17, 15) is 0 Å². The molecule has 2 atom stereocenters. The maximum atomic E-state index is 6.00. The monoisotopic (exact) mass is 238 g/mol. The van der Waals surface area contributed by atoms with Gasteiger partial charge in [-0.2, -0.15) is 4.98 Å². The minimum atomic E-state index is -0.204. The van der Waals surface area contributed by atoms with Crippen LogP contribution in [0.15, 0.2) is 15.4 Å². The summed E-state index contributed by atoms with van der Waals surface area (Å²) in [6, 6.07) is -0.204. The molecule has 0 aliphatic rings. The first-order valence-corrected chi connectivity index (χ1v) is 6.14. The first kappa shape index (κ1) is 11.2. The molecule has 0 spiro atoms. The predicted octanol–water partition coefficient (Wildman–Crippen LogP) is 2.24. The van der Waals surface area contributed by atoms with Crippen LogP contribution in [0.2, 0.25) is 0 Å². The van der Waals surface area contributed by atoms with Gasteiger partial charge in [-0.3, -0.25) is 0 Å². The van der Waals surface area contributed by atoms with Crippen LogP contribution in [0.4, 0.5) is 0 Å². The molecule has 2 heterocycles. The minimum Gasteiger partial charge on any atom is -0.337 e. The third kappa shape index (κ3) is 2.12. The van der Waals surface area contributed by atoms with Gasteiger partial charge in [0.2, 0.25) is 11.7 Å². The normalized spacial score (nSPS) is 14.9. The number of aromatic nitrogens is 3. The van der Waals surface area contributed by atoms with Crippen LogP contribution in [-0.2, 0) is 0 Å². The smallest absolute Gasteiger partial charge is 0.244 e. The molecule has 2 aromatic heterocycles. The van der Waals surface area contributed by atoms with Gasteiger partial charge in [-0.15, -0.1) is 11.3 Å². The summed E-state index contributed by atoms with van der Waals surface area (Å²) < 4.78 is 5.15. The number of thiazole rings is 1. The molecule has 0 amide bonds. The van der Waals surface area contributed by atoms with Crippen molar-refractivity contribution in [3.05, 3.63) is 16.8 Å². The van der Waals surface area contributed by atoms with Crippen molar-refractivity contribution in [3.63, 3.8) is 0 Å². The van der Waals surface area contributed by atoms with Crippen LogP contribution >= 0.6 is 11.3 Å². The van der Waals surface area contributed by atoms with Crippen molar-refractivity contribution >= 4 is 11.3 Å². The predicted molar refractivity (Wildman–Crippen MR) is 61.8 cm³/mol. The third-order valence-electron chi connectivity index (χ3n) is 2.65. The zero-order chi connectivity index (χ0) is 11.5. The van der Waals surface area contributed by atoms with Crippen LogP contribution in [0, 0.1) is 5.92 Å². The largest absolute Gasteiger partial charge is 0.337 e. The van der Waals surface area contributed by atoms with Crippen molar-refractivity contribution in [3.8, 4) is 11.5 Å². The van der Waals surface area contributed by atoms with E-state index in [1.807, 2.05) is 5.38 Å². The SMILES string of the molecule is CC[C@H](C)[C@H](N)c1nc(-c2cscn2)no1. The molecule has 86 valence electrons. The van der Waals surface area contributed by atoms with Gasteiger partial charge in [-0.1, -0.05) is 25.4 Å². The Morgan fingerprint density at radius 1 is 1.56 bits per heavy atom. The zero-order valence-electron chi connectivity index (χ0n) is 9.25. The van der Waals surface area contributed by atoms with Crippen LogP contribution in [0.1, 0.15) is 32.2 Å². The Labute approximate surface area is 97.7 Å². The van der Waals surface area contributed by atoms with E-state index < -0.39 is 0 Å². The average Bonchev–Trinajstić information content (AvgIpc) is 2.96. The van der Waals surface area contributed by atoms with Crippen LogP contribution in [0.3, 0.4) is 0 Å². The Balaban J connectivity index is 2.20. The second-order valence-corrected chi connectivity index (χ2v) is 4.46. The summed E-state index contributed by atoms with van der Waals surface area (Å²) in [7, 11) is 0. The third-order valence-corrected chi connectivity index (χ3v) is 3.23. The summed E-state index contributed by atoms with van der Waals surface area (Å²) in [5.74, 6) is 1.32. The molecule has 2 rings (SSSR count). The fourth-order valence-corrected chi connectivity index (χ4v) is 1.83. The molecule has 0 fully saturated rings. The Hall–Kier alpha value is -1.27. The van der Waals surface area contributed by atoms with Crippen molar-refractivity contribution in [1.29, 1.82) is 0 Å². The Morgan fingerprint density at radius 2 is 2.38 bits per heavy atom. The fraction of sp³-hybridized carbons (Fsp3) is 0.500. The zero-order valence-corrected chi connectivity index (χ0v) is 10.1. The first-order chi connectivity index (χ1) is 7.72. The first-order valence-electron chi connectivity index (χ1n) is 5.20. The molecule has 0 aromatic carbocycles. The molecule has 0 saturated carbocycles. The lowest BCUT2D eigenvalue weighted by Crippen LogP contribution is -2.18. The molecular weight excluding hydrogens is 224 g/mol. The van der Waals surface area contributed by atoms with E-state index in [4.69, 9.17) is 10.3 Å². The summed E-state index contributed by atoms with van der Waals surface area (Å²) >= 11 is 1.50. The lowest BCUT2D eigenvalue weighted by molar-refractivity contribution is 0.312. The lowest BCUT2D eigenvalue weighted by atomic mass is 10.0. The Morgan fingerprint density at radius 3 is 3.00 bits per heavy atom. The number of hydrogen-bond donors (Lipinski definition) is 1. The van der Waals surface area contributed by atoms with E-state index in [2.05, 4.69) is 29.0 Å². The van der Waals surface area contributed by atoms with Crippen molar-refractivity contribution in [2.45, 2.75) is 26.3 Å². The van der Waals surface area contributed by atoms with Gasteiger partial charge in [0.25, 0.3) is 0 Å². The summed E-state index contributed by atoms with van der Waals surface area (Å²) in [5.41, 5.74) is 8.47. The van der Waals surface area contributed by atoms with Crippen molar-refractivity contribution < 1.29 is 4.52 Å². The molecule has 0 aliphatic carbocycles. The number of hydrogen-bond acceptors (Lipinski definition) is 6. The van der Waals surface area contributed by atoms with Crippen LogP contribution in [0.25, 0.3) is 11.5 Å². The molecule has 0 aliphatic heterocycles. The van der Waals surface area contributed by atoms with Crippen molar-refractivity contribution in [2.75, 3.05) is 0 Å². The molecule has 2 N–H and O–H groups in total. The van der Waals surface area contributed by atoms with E-state index >= 15 is 0 Å². The second-order valence-electron chi connectivity index (χ2n) is 3.74. The highest BCUT2D eigenvalue weighted by Crippen LogP contribution is 2.23. The van der Waals surface area contributed by atoms with Crippen LogP contribution in [0.5, 0.6) is 0 Å². The second kappa shape index (κ2) is 4.71. The highest BCUT2D eigenvalue weighted by molar-refractivity contribution is 7.07. The number of nitrogens with two attached hydrogens (primary N) is 1. The van der Waals surface area contributed by atoms with E-state index in [1.54, 1.807) is 5.51 Å². The highest BCUT2D eigenvalue weighted by Gasteiger charge is 2.20. The quantitative estimate of drug-likeness (QED) is 0.883. The number of rotatable bonds is 4. The van der Waals surface area contributed by atoms with Gasteiger partial charge in [0, 0.05) is 5.38 Å². The lowest BCUT2D eigenvalue weighted by Gasteiger charge is -2.12. The van der Waals surface area contributed by atoms with Gasteiger partial charge >= 0.3 is 0 Å². The molecule has 0 unspecified atom stereocenters. The molecule has 6 heteroatoms. The highest BCUT2D eigenvalue weighted by atomic mass is 32.1. The van der Waals surface area contributed by atoms with E-state index in [0.29, 0.717) is 17.6 Å². The molecule has 0 saturated heterocycles. The summed E-state index contributed by atoms with van der Waals surface area (Å²) in [5, 5.41) is 5.75. The maximum absolute atomic E-state index is 6.00. The van der Waals surface area contributed by atoms with E-state index in [1.165, 1.54) is 11.3 Å². The van der Waals surface area contributed by atoms with Crippen LogP contribution in [-0.4, -0.2) is 15.1 Å². The van der Waals surface area contributed by atoms with Crippen molar-refractivity contribution in [1.82, 2.24) is 15.1 Å². The molecule has 2 aromatic rings. The summed E-state index contributed by atoms with van der Waals surface area (Å²) in [4.78, 5) is 8.38. The summed E-state index contributed by atoms with van der Waals surface area (Å²) in [6.45, 7) is 4.15. The van der Waals surface area contributed by atoms with Gasteiger partial charge in [-0.05, 0) is 5.92 Å². The Kier molecular flexibility index (Phi) is 3.31. The van der Waals surface area contributed by atoms with Gasteiger partial charge in [0.05, 0.1) is 11.6 Å². The standard InChI is InChI=1S/C10H14N4OS/c1-3-6(2)8(11)10-13-9(14-15-10)7-4-16-5-12-7/h4-6,8H,3,11H2,1-2H3/t6-,8-/m0/s1. The number of nitrogens with zero attached hydrogens (tertiary/aromatic N) is 3. The molecule has 0 radical (unpaired) electrons. The van der Waals surface area contributed by atoms with Gasteiger partial charge < -0.3 is 10.3 Å². The van der Waals surface area contributed by atoms with E-state index in [0.717, 1.165) is 12.1 Å². The molecular formula is C10H14N4OS.